The highest BCUT2D eigenvalue weighted by Crippen LogP contribution is 2.36. The van der Waals surface area contributed by atoms with E-state index in [4.69, 9.17) is 4.74 Å². The van der Waals surface area contributed by atoms with Crippen molar-refractivity contribution in [2.75, 3.05) is 7.11 Å². The molecular formula is C13H18O2. The maximum Gasteiger partial charge on any atom is 0.119 e. The molecule has 82 valence electrons. The lowest BCUT2D eigenvalue weighted by Crippen LogP contribution is -2.08. The van der Waals surface area contributed by atoms with Gasteiger partial charge in [-0.2, -0.15) is 0 Å². The van der Waals surface area contributed by atoms with Gasteiger partial charge in [0.15, 0.2) is 0 Å². The first-order valence-corrected chi connectivity index (χ1v) is 5.63. The topological polar surface area (TPSA) is 29.5 Å². The Morgan fingerprint density at radius 2 is 2.07 bits per heavy atom. The van der Waals surface area contributed by atoms with E-state index >= 15 is 0 Å². The molecule has 1 aromatic rings. The van der Waals surface area contributed by atoms with Gasteiger partial charge in [0, 0.05) is 0 Å². The lowest BCUT2D eigenvalue weighted by Gasteiger charge is -2.18. The molecule has 0 bridgehead atoms. The first-order chi connectivity index (χ1) is 7.31. The molecule has 15 heavy (non-hydrogen) atoms. The van der Waals surface area contributed by atoms with Crippen LogP contribution in [0.4, 0.5) is 0 Å². The Morgan fingerprint density at radius 3 is 2.73 bits per heavy atom. The molecule has 0 amide bonds. The van der Waals surface area contributed by atoms with Crippen LogP contribution in [0.3, 0.4) is 0 Å². The van der Waals surface area contributed by atoms with E-state index in [0.717, 1.165) is 24.2 Å². The van der Waals surface area contributed by atoms with Gasteiger partial charge in [0.1, 0.15) is 5.75 Å². The van der Waals surface area contributed by atoms with Gasteiger partial charge in [0.2, 0.25) is 0 Å². The van der Waals surface area contributed by atoms with Gasteiger partial charge in [0.25, 0.3) is 0 Å². The number of hydrogen-bond donors (Lipinski definition) is 1. The van der Waals surface area contributed by atoms with Crippen molar-refractivity contribution in [1.82, 2.24) is 0 Å². The summed E-state index contributed by atoms with van der Waals surface area (Å²) >= 11 is 0. The Balaban J connectivity index is 2.13. The van der Waals surface area contributed by atoms with Crippen molar-refractivity contribution in [3.05, 3.63) is 29.8 Å². The van der Waals surface area contributed by atoms with E-state index in [-0.39, 0.29) is 6.10 Å². The summed E-state index contributed by atoms with van der Waals surface area (Å²) in [5.41, 5.74) is 0.987. The predicted octanol–water partition coefficient (Wildman–Crippen LogP) is 2.92. The normalized spacial score (nSPS) is 19.1. The Kier molecular flexibility index (Phi) is 3.27. The van der Waals surface area contributed by atoms with Gasteiger partial charge < -0.3 is 9.84 Å². The van der Waals surface area contributed by atoms with Gasteiger partial charge in [-0.25, -0.2) is 0 Å². The van der Waals surface area contributed by atoms with Crippen molar-refractivity contribution in [1.29, 1.82) is 0 Å². The molecule has 1 aliphatic carbocycles. The van der Waals surface area contributed by atoms with Gasteiger partial charge >= 0.3 is 0 Å². The van der Waals surface area contributed by atoms with Gasteiger partial charge in [-0.15, -0.1) is 0 Å². The average Bonchev–Trinajstić information content (AvgIpc) is 2.81. The summed E-state index contributed by atoms with van der Waals surface area (Å²) in [5, 5.41) is 10.2. The molecule has 1 atom stereocenters. The fourth-order valence-corrected chi connectivity index (χ4v) is 2.37. The van der Waals surface area contributed by atoms with E-state index in [0.29, 0.717) is 5.92 Å². The largest absolute Gasteiger partial charge is 0.497 e. The molecule has 1 aliphatic rings. The third-order valence-electron chi connectivity index (χ3n) is 3.28. The second kappa shape index (κ2) is 4.67. The molecule has 0 aromatic heterocycles. The Labute approximate surface area is 90.9 Å². The molecule has 2 heteroatoms. The summed E-state index contributed by atoms with van der Waals surface area (Å²) in [6.07, 6.45) is 4.50. The lowest BCUT2D eigenvalue weighted by atomic mass is 9.94. The molecule has 0 heterocycles. The van der Waals surface area contributed by atoms with Crippen LogP contribution in [0.15, 0.2) is 24.3 Å². The number of aliphatic hydroxyl groups excluding tert-OH is 1. The van der Waals surface area contributed by atoms with Crippen LogP contribution in [-0.4, -0.2) is 12.2 Å². The summed E-state index contributed by atoms with van der Waals surface area (Å²) < 4.78 is 5.16. The second-order valence-electron chi connectivity index (χ2n) is 4.27. The smallest absolute Gasteiger partial charge is 0.119 e. The minimum Gasteiger partial charge on any atom is -0.497 e. The molecule has 0 aliphatic heterocycles. The van der Waals surface area contributed by atoms with E-state index < -0.39 is 0 Å². The molecule has 1 N–H and O–H groups in total. The van der Waals surface area contributed by atoms with E-state index in [1.807, 2.05) is 24.3 Å². The quantitative estimate of drug-likeness (QED) is 0.824. The predicted molar refractivity (Wildman–Crippen MR) is 59.9 cm³/mol. The molecule has 0 spiro atoms. The van der Waals surface area contributed by atoms with Crippen LogP contribution in [-0.2, 0) is 0 Å². The molecule has 2 nitrogen and oxygen atoms in total. The van der Waals surface area contributed by atoms with Crippen molar-refractivity contribution in [3.63, 3.8) is 0 Å². The van der Waals surface area contributed by atoms with Crippen LogP contribution >= 0.6 is 0 Å². The fraction of sp³-hybridized carbons (Fsp3) is 0.538. The molecular weight excluding hydrogens is 188 g/mol. The molecule has 1 unspecified atom stereocenters. The number of methoxy groups -OCH3 is 1. The Hall–Kier alpha value is -1.02. The number of aliphatic hydroxyl groups is 1. The van der Waals surface area contributed by atoms with Crippen LogP contribution in [0.25, 0.3) is 0 Å². The van der Waals surface area contributed by atoms with Crippen molar-refractivity contribution >= 4 is 0 Å². The van der Waals surface area contributed by atoms with Gasteiger partial charge in [-0.1, -0.05) is 25.0 Å². The Morgan fingerprint density at radius 1 is 1.33 bits per heavy atom. The first-order valence-electron chi connectivity index (χ1n) is 5.63. The monoisotopic (exact) mass is 206 g/mol. The highest BCUT2D eigenvalue weighted by atomic mass is 16.5. The molecule has 0 saturated heterocycles. The third-order valence-corrected chi connectivity index (χ3v) is 3.28. The fourth-order valence-electron chi connectivity index (χ4n) is 2.37. The highest BCUT2D eigenvalue weighted by Gasteiger charge is 2.24. The standard InChI is InChI=1S/C13H18O2/c1-15-12-8-4-7-11(9-12)13(14)10-5-2-3-6-10/h4,7-10,13-14H,2-3,5-6H2,1H3. The summed E-state index contributed by atoms with van der Waals surface area (Å²) in [6, 6.07) is 7.76. The van der Waals surface area contributed by atoms with Gasteiger partial charge in [-0.3, -0.25) is 0 Å². The van der Waals surface area contributed by atoms with Crippen molar-refractivity contribution in [2.24, 2.45) is 5.92 Å². The van der Waals surface area contributed by atoms with Crippen molar-refractivity contribution in [2.45, 2.75) is 31.8 Å². The molecule has 1 fully saturated rings. The van der Waals surface area contributed by atoms with Crippen LogP contribution in [0.1, 0.15) is 37.4 Å². The van der Waals surface area contributed by atoms with Gasteiger partial charge in [-0.05, 0) is 36.5 Å². The van der Waals surface area contributed by atoms with E-state index in [1.54, 1.807) is 7.11 Å². The molecule has 1 saturated carbocycles. The van der Waals surface area contributed by atoms with E-state index in [2.05, 4.69) is 0 Å². The number of rotatable bonds is 3. The average molecular weight is 206 g/mol. The lowest BCUT2D eigenvalue weighted by molar-refractivity contribution is 0.111. The summed E-state index contributed by atoms with van der Waals surface area (Å²) in [6.45, 7) is 0. The molecule has 1 aromatic carbocycles. The maximum atomic E-state index is 10.2. The zero-order chi connectivity index (χ0) is 10.7. The highest BCUT2D eigenvalue weighted by molar-refractivity contribution is 5.30. The van der Waals surface area contributed by atoms with Crippen molar-refractivity contribution in [3.8, 4) is 5.75 Å². The van der Waals surface area contributed by atoms with Gasteiger partial charge in [0.05, 0.1) is 13.2 Å². The number of benzene rings is 1. The summed E-state index contributed by atoms with van der Waals surface area (Å²) in [5.74, 6) is 1.27. The number of hydrogen-bond acceptors (Lipinski definition) is 2. The minimum absolute atomic E-state index is 0.317. The van der Waals surface area contributed by atoms with Crippen LogP contribution in [0.5, 0.6) is 5.75 Å². The summed E-state index contributed by atoms with van der Waals surface area (Å²) in [7, 11) is 1.65. The zero-order valence-electron chi connectivity index (χ0n) is 9.15. The minimum atomic E-state index is -0.317. The van der Waals surface area contributed by atoms with Crippen LogP contribution < -0.4 is 4.74 Å². The third kappa shape index (κ3) is 2.32. The van der Waals surface area contributed by atoms with E-state index in [1.165, 1.54) is 12.8 Å². The maximum absolute atomic E-state index is 10.2. The summed E-state index contributed by atoms with van der Waals surface area (Å²) in [4.78, 5) is 0. The van der Waals surface area contributed by atoms with Crippen LogP contribution in [0.2, 0.25) is 0 Å². The first kappa shape index (κ1) is 10.5. The zero-order valence-corrected chi connectivity index (χ0v) is 9.15. The van der Waals surface area contributed by atoms with Crippen molar-refractivity contribution < 1.29 is 9.84 Å². The Bertz CT molecular complexity index is 316. The number of ether oxygens (including phenoxy) is 1. The molecule has 2 rings (SSSR count). The molecule has 0 radical (unpaired) electrons. The second-order valence-corrected chi connectivity index (χ2v) is 4.27. The van der Waals surface area contributed by atoms with Crippen LogP contribution in [0, 0.1) is 5.92 Å². The SMILES string of the molecule is COc1cccc(C(O)C2CCCC2)c1. The van der Waals surface area contributed by atoms with E-state index in [9.17, 15) is 5.11 Å².